The number of aliphatic carboxylic acids is 1. The van der Waals surface area contributed by atoms with Crippen molar-refractivity contribution in [3.05, 3.63) is 0 Å². The molecule has 0 spiro atoms. The number of ether oxygens (including phenoxy) is 1. The summed E-state index contributed by atoms with van der Waals surface area (Å²) in [4.78, 5) is 26.4. The summed E-state index contributed by atoms with van der Waals surface area (Å²) in [5.74, 6) is -0.931. The third-order valence-corrected chi connectivity index (χ3v) is 3.34. The number of carbonyl (C=O) groups is 2. The summed E-state index contributed by atoms with van der Waals surface area (Å²) in [5, 5.41) is 11.6. The molecule has 2 heterocycles. The number of carbonyl (C=O) groups excluding carboxylic acids is 1. The van der Waals surface area contributed by atoms with Gasteiger partial charge in [0, 0.05) is 32.7 Å². The molecule has 1 unspecified atom stereocenters. The molecule has 2 fully saturated rings. The summed E-state index contributed by atoms with van der Waals surface area (Å²) in [6.07, 6.45) is 0. The molecule has 2 aliphatic heterocycles. The zero-order valence-corrected chi connectivity index (χ0v) is 10.3. The maximum absolute atomic E-state index is 11.7. The van der Waals surface area contributed by atoms with Crippen LogP contribution in [0.25, 0.3) is 0 Å². The van der Waals surface area contributed by atoms with Gasteiger partial charge in [0.1, 0.15) is 6.04 Å². The van der Waals surface area contributed by atoms with Gasteiger partial charge in [0.05, 0.1) is 19.8 Å². The van der Waals surface area contributed by atoms with Gasteiger partial charge in [-0.05, 0) is 0 Å². The summed E-state index contributed by atoms with van der Waals surface area (Å²) in [6.45, 7) is 4.94. The summed E-state index contributed by atoms with van der Waals surface area (Å²) in [5.41, 5.74) is 0. The Labute approximate surface area is 106 Å². The topological polar surface area (TPSA) is 82.1 Å². The molecule has 18 heavy (non-hydrogen) atoms. The van der Waals surface area contributed by atoms with Gasteiger partial charge < -0.3 is 14.7 Å². The molecule has 102 valence electrons. The normalized spacial score (nSPS) is 26.3. The highest BCUT2D eigenvalue weighted by atomic mass is 16.5. The molecular weight excluding hydrogens is 238 g/mol. The summed E-state index contributed by atoms with van der Waals surface area (Å²) < 4.78 is 5.25. The molecule has 2 rings (SSSR count). The van der Waals surface area contributed by atoms with Crippen LogP contribution in [0.4, 0.5) is 0 Å². The van der Waals surface area contributed by atoms with Crippen molar-refractivity contribution < 1.29 is 19.4 Å². The van der Waals surface area contributed by atoms with Gasteiger partial charge in [0.2, 0.25) is 5.91 Å². The molecule has 0 bridgehead atoms. The number of carboxylic acids is 1. The standard InChI is InChI=1S/C11H19N3O4/c15-10-7-12-9(11(16)17)8-14(10)2-1-13-3-5-18-6-4-13/h9,12H,1-8H2,(H,16,17). The SMILES string of the molecule is O=C(O)C1CN(CCN2CCOCC2)C(=O)CN1. The number of piperazine rings is 1. The van der Waals surface area contributed by atoms with Gasteiger partial charge in [-0.3, -0.25) is 19.8 Å². The van der Waals surface area contributed by atoms with E-state index in [0.29, 0.717) is 6.54 Å². The second-order valence-corrected chi connectivity index (χ2v) is 4.57. The third kappa shape index (κ3) is 3.41. The van der Waals surface area contributed by atoms with Crippen LogP contribution in [-0.4, -0.2) is 85.3 Å². The van der Waals surface area contributed by atoms with Gasteiger partial charge in [0.15, 0.2) is 0 Å². The van der Waals surface area contributed by atoms with E-state index >= 15 is 0 Å². The fourth-order valence-electron chi connectivity index (χ4n) is 2.18. The molecule has 0 aromatic heterocycles. The van der Waals surface area contributed by atoms with Gasteiger partial charge >= 0.3 is 5.97 Å². The van der Waals surface area contributed by atoms with Crippen molar-refractivity contribution in [3.63, 3.8) is 0 Å². The van der Waals surface area contributed by atoms with Crippen molar-refractivity contribution >= 4 is 11.9 Å². The smallest absolute Gasteiger partial charge is 0.322 e. The lowest BCUT2D eigenvalue weighted by molar-refractivity contribution is -0.144. The molecule has 1 atom stereocenters. The van der Waals surface area contributed by atoms with Gasteiger partial charge in [-0.1, -0.05) is 0 Å². The molecule has 0 radical (unpaired) electrons. The van der Waals surface area contributed by atoms with Crippen LogP contribution in [0.1, 0.15) is 0 Å². The fourth-order valence-corrected chi connectivity index (χ4v) is 2.18. The average Bonchev–Trinajstić information content (AvgIpc) is 2.38. The number of nitrogens with one attached hydrogen (secondary N) is 1. The second kappa shape index (κ2) is 6.12. The Morgan fingerprint density at radius 3 is 2.78 bits per heavy atom. The van der Waals surface area contributed by atoms with E-state index in [1.807, 2.05) is 0 Å². The lowest BCUT2D eigenvalue weighted by atomic mass is 10.2. The van der Waals surface area contributed by atoms with Gasteiger partial charge in [0.25, 0.3) is 0 Å². The lowest BCUT2D eigenvalue weighted by Crippen LogP contribution is -2.58. The minimum Gasteiger partial charge on any atom is -0.480 e. The number of carboxylic acid groups (broad SMARTS) is 1. The minimum atomic E-state index is -0.904. The Hall–Kier alpha value is -1.18. The van der Waals surface area contributed by atoms with Crippen LogP contribution in [0.2, 0.25) is 0 Å². The number of nitrogens with zero attached hydrogens (tertiary/aromatic N) is 2. The van der Waals surface area contributed by atoms with Crippen LogP contribution in [0.5, 0.6) is 0 Å². The van der Waals surface area contributed by atoms with E-state index in [4.69, 9.17) is 9.84 Å². The molecular formula is C11H19N3O4. The van der Waals surface area contributed by atoms with Crippen LogP contribution in [0.15, 0.2) is 0 Å². The van der Waals surface area contributed by atoms with Crippen LogP contribution < -0.4 is 5.32 Å². The highest BCUT2D eigenvalue weighted by Crippen LogP contribution is 2.03. The van der Waals surface area contributed by atoms with E-state index in [-0.39, 0.29) is 19.0 Å². The molecule has 0 aromatic carbocycles. The highest BCUT2D eigenvalue weighted by Gasteiger charge is 2.29. The first-order valence-corrected chi connectivity index (χ1v) is 6.21. The van der Waals surface area contributed by atoms with Crippen molar-refractivity contribution in [1.29, 1.82) is 0 Å². The maximum Gasteiger partial charge on any atom is 0.322 e. The lowest BCUT2D eigenvalue weighted by Gasteiger charge is -2.34. The van der Waals surface area contributed by atoms with Crippen molar-refractivity contribution in [3.8, 4) is 0 Å². The van der Waals surface area contributed by atoms with Gasteiger partial charge in [-0.2, -0.15) is 0 Å². The maximum atomic E-state index is 11.7. The number of rotatable bonds is 4. The zero-order valence-electron chi connectivity index (χ0n) is 10.3. The molecule has 0 saturated carbocycles. The van der Waals surface area contributed by atoms with Crippen molar-refractivity contribution in [2.45, 2.75) is 6.04 Å². The van der Waals surface area contributed by atoms with Crippen LogP contribution in [0, 0.1) is 0 Å². The summed E-state index contributed by atoms with van der Waals surface area (Å²) in [7, 11) is 0. The van der Waals surface area contributed by atoms with E-state index < -0.39 is 12.0 Å². The Morgan fingerprint density at radius 2 is 2.11 bits per heavy atom. The van der Waals surface area contributed by atoms with Crippen LogP contribution in [-0.2, 0) is 14.3 Å². The molecule has 0 aliphatic carbocycles. The van der Waals surface area contributed by atoms with Crippen LogP contribution in [0.3, 0.4) is 0 Å². The first kappa shape index (κ1) is 13.3. The van der Waals surface area contributed by atoms with E-state index in [1.165, 1.54) is 0 Å². The largest absolute Gasteiger partial charge is 0.480 e. The van der Waals surface area contributed by atoms with Crippen LogP contribution >= 0.6 is 0 Å². The predicted molar refractivity (Wildman–Crippen MR) is 63.3 cm³/mol. The van der Waals surface area contributed by atoms with Crippen molar-refractivity contribution in [2.75, 3.05) is 52.5 Å². The fraction of sp³-hybridized carbons (Fsp3) is 0.818. The highest BCUT2D eigenvalue weighted by molar-refractivity contribution is 5.83. The van der Waals surface area contributed by atoms with E-state index in [1.54, 1.807) is 4.90 Å². The molecule has 2 aliphatic rings. The van der Waals surface area contributed by atoms with Gasteiger partial charge in [-0.25, -0.2) is 0 Å². The molecule has 0 aromatic rings. The van der Waals surface area contributed by atoms with E-state index in [2.05, 4.69) is 10.2 Å². The number of amides is 1. The minimum absolute atomic E-state index is 0.0271. The second-order valence-electron chi connectivity index (χ2n) is 4.57. The molecule has 2 N–H and O–H groups in total. The third-order valence-electron chi connectivity index (χ3n) is 3.34. The number of morpholine rings is 1. The monoisotopic (exact) mass is 257 g/mol. The molecule has 2 saturated heterocycles. The Morgan fingerprint density at radius 1 is 1.39 bits per heavy atom. The summed E-state index contributed by atoms with van der Waals surface area (Å²) in [6, 6.07) is -0.646. The predicted octanol–water partition coefficient (Wildman–Crippen LogP) is -1.80. The van der Waals surface area contributed by atoms with Crippen molar-refractivity contribution in [1.82, 2.24) is 15.1 Å². The first-order chi connectivity index (χ1) is 8.66. The Balaban J connectivity index is 1.79. The molecule has 1 amide bonds. The average molecular weight is 257 g/mol. The molecule has 7 nitrogen and oxygen atoms in total. The zero-order chi connectivity index (χ0) is 13.0. The Bertz CT molecular complexity index is 317. The molecule has 7 heteroatoms. The Kier molecular flexibility index (Phi) is 4.51. The number of hydrogen-bond donors (Lipinski definition) is 2. The number of hydrogen-bond acceptors (Lipinski definition) is 5. The quantitative estimate of drug-likeness (QED) is 0.618. The van der Waals surface area contributed by atoms with Gasteiger partial charge in [-0.15, -0.1) is 0 Å². The first-order valence-electron chi connectivity index (χ1n) is 6.21. The van der Waals surface area contributed by atoms with Crippen molar-refractivity contribution in [2.24, 2.45) is 0 Å². The van der Waals surface area contributed by atoms with E-state index in [0.717, 1.165) is 32.8 Å². The van der Waals surface area contributed by atoms with E-state index in [9.17, 15) is 9.59 Å². The summed E-state index contributed by atoms with van der Waals surface area (Å²) >= 11 is 0.